The standard InChI is InChI=1S/C58H35N3S/c1-2-14-38(15-3-1)55-59-56(61-57(60-55)40-34-30-37(31-35-40)42-21-13-27-52-54(42)46-19-7-11-26-51(46)62-52)39-32-28-36(29-33-39)41-20-12-25-50-53(41)45-18-6-10-24-49(45)58(50)47-22-8-4-16-43(47)44-17-5-9-23-48(44)58/h1-35H. The Bertz CT molecular complexity index is 3520. The van der Waals surface area contributed by atoms with Crippen LogP contribution in [0.25, 0.3) is 98.8 Å². The van der Waals surface area contributed by atoms with E-state index >= 15 is 0 Å². The normalized spacial score (nSPS) is 13.0. The fraction of sp³-hybridized carbons (Fsp3) is 0.0172. The SMILES string of the molecule is c1ccc(-c2nc(-c3ccc(-c4cccc5c4-c4ccccc4C54c5ccccc5-c5ccccc54)cc3)nc(-c3ccc(-c4cccc5sc6ccccc6c45)cc3)n2)cc1. The molecular weight excluding hydrogens is 771 g/mol. The van der Waals surface area contributed by atoms with E-state index in [1.54, 1.807) is 0 Å². The van der Waals surface area contributed by atoms with Gasteiger partial charge in [-0.2, -0.15) is 0 Å². The number of thiophene rings is 1. The number of fused-ring (bicyclic) bond motifs is 13. The lowest BCUT2D eigenvalue weighted by Crippen LogP contribution is -2.25. The zero-order valence-electron chi connectivity index (χ0n) is 33.5. The quantitative estimate of drug-likeness (QED) is 0.174. The minimum atomic E-state index is -0.381. The molecule has 2 aliphatic carbocycles. The van der Waals surface area contributed by atoms with Gasteiger partial charge < -0.3 is 0 Å². The molecule has 0 fully saturated rings. The minimum absolute atomic E-state index is 0.381. The molecule has 13 rings (SSSR count). The van der Waals surface area contributed by atoms with Gasteiger partial charge in [-0.1, -0.05) is 200 Å². The predicted molar refractivity (Wildman–Crippen MR) is 256 cm³/mol. The average molecular weight is 806 g/mol. The van der Waals surface area contributed by atoms with Gasteiger partial charge in [-0.05, 0) is 78.9 Å². The number of nitrogens with zero attached hydrogens (tertiary/aromatic N) is 3. The zero-order chi connectivity index (χ0) is 40.8. The lowest BCUT2D eigenvalue weighted by Gasteiger charge is -2.30. The van der Waals surface area contributed by atoms with Crippen molar-refractivity contribution in [2.24, 2.45) is 0 Å². The lowest BCUT2D eigenvalue weighted by atomic mass is 9.70. The molecule has 0 unspecified atom stereocenters. The van der Waals surface area contributed by atoms with Crippen LogP contribution in [0.2, 0.25) is 0 Å². The maximum atomic E-state index is 5.14. The van der Waals surface area contributed by atoms with E-state index in [0.717, 1.165) is 22.3 Å². The Balaban J connectivity index is 0.911. The van der Waals surface area contributed by atoms with E-state index in [1.165, 1.54) is 81.4 Å². The molecule has 1 spiro atoms. The van der Waals surface area contributed by atoms with Gasteiger partial charge in [-0.15, -0.1) is 11.3 Å². The molecule has 288 valence electrons. The molecule has 11 aromatic rings. The maximum absolute atomic E-state index is 5.14. The van der Waals surface area contributed by atoms with Crippen molar-refractivity contribution in [2.45, 2.75) is 5.41 Å². The van der Waals surface area contributed by atoms with Gasteiger partial charge in [0.1, 0.15) is 0 Å². The third kappa shape index (κ3) is 5.08. The summed E-state index contributed by atoms with van der Waals surface area (Å²) >= 11 is 1.84. The van der Waals surface area contributed by atoms with E-state index in [-0.39, 0.29) is 5.41 Å². The van der Waals surface area contributed by atoms with Crippen LogP contribution in [0.15, 0.2) is 212 Å². The molecule has 3 nitrogen and oxygen atoms in total. The summed E-state index contributed by atoms with van der Waals surface area (Å²) in [6, 6.07) is 76.7. The number of hydrogen-bond acceptors (Lipinski definition) is 4. The molecule has 9 aromatic carbocycles. The highest BCUT2D eigenvalue weighted by Gasteiger charge is 2.51. The summed E-state index contributed by atoms with van der Waals surface area (Å²) in [4.78, 5) is 15.3. The Kier molecular flexibility index (Phi) is 7.69. The summed E-state index contributed by atoms with van der Waals surface area (Å²) in [5.74, 6) is 1.93. The number of rotatable bonds is 5. The van der Waals surface area contributed by atoms with Crippen molar-refractivity contribution in [3.63, 3.8) is 0 Å². The van der Waals surface area contributed by atoms with Gasteiger partial charge in [0.05, 0.1) is 5.41 Å². The van der Waals surface area contributed by atoms with Crippen molar-refractivity contribution in [3.8, 4) is 78.7 Å². The van der Waals surface area contributed by atoms with Crippen molar-refractivity contribution in [1.29, 1.82) is 0 Å². The maximum Gasteiger partial charge on any atom is 0.164 e. The van der Waals surface area contributed by atoms with Crippen molar-refractivity contribution in [2.75, 3.05) is 0 Å². The summed E-state index contributed by atoms with van der Waals surface area (Å²) in [6.07, 6.45) is 0. The highest BCUT2D eigenvalue weighted by Crippen LogP contribution is 2.64. The summed E-state index contributed by atoms with van der Waals surface area (Å²) in [5, 5.41) is 2.60. The van der Waals surface area contributed by atoms with Crippen molar-refractivity contribution < 1.29 is 0 Å². The fourth-order valence-electron chi connectivity index (χ4n) is 10.3. The van der Waals surface area contributed by atoms with E-state index in [4.69, 9.17) is 15.0 Å². The molecule has 0 aliphatic heterocycles. The molecule has 2 heterocycles. The van der Waals surface area contributed by atoms with E-state index in [0.29, 0.717) is 17.5 Å². The van der Waals surface area contributed by atoms with Crippen molar-refractivity contribution in [3.05, 3.63) is 235 Å². The second-order valence-corrected chi connectivity index (χ2v) is 17.3. The highest BCUT2D eigenvalue weighted by molar-refractivity contribution is 7.25. The summed E-state index contributed by atoms with van der Waals surface area (Å²) in [7, 11) is 0. The van der Waals surface area contributed by atoms with Gasteiger partial charge in [0.2, 0.25) is 0 Å². The molecule has 2 aliphatic rings. The molecule has 0 N–H and O–H groups in total. The summed E-state index contributed by atoms with van der Waals surface area (Å²) in [6.45, 7) is 0. The van der Waals surface area contributed by atoms with Crippen LogP contribution in [-0.4, -0.2) is 15.0 Å². The zero-order valence-corrected chi connectivity index (χ0v) is 34.3. The van der Waals surface area contributed by atoms with Crippen LogP contribution in [0, 0.1) is 0 Å². The monoisotopic (exact) mass is 805 g/mol. The first-order valence-electron chi connectivity index (χ1n) is 21.1. The van der Waals surface area contributed by atoms with E-state index in [1.807, 2.05) is 29.5 Å². The van der Waals surface area contributed by atoms with E-state index < -0.39 is 0 Å². The van der Waals surface area contributed by atoms with Gasteiger partial charge >= 0.3 is 0 Å². The van der Waals surface area contributed by atoms with E-state index in [9.17, 15) is 0 Å². The minimum Gasteiger partial charge on any atom is -0.208 e. The third-order valence-electron chi connectivity index (χ3n) is 13.0. The fourth-order valence-corrected chi connectivity index (χ4v) is 11.5. The first-order valence-corrected chi connectivity index (χ1v) is 21.9. The summed E-state index contributed by atoms with van der Waals surface area (Å²) in [5.41, 5.74) is 17.8. The lowest BCUT2D eigenvalue weighted by molar-refractivity contribution is 0.794. The van der Waals surface area contributed by atoms with Crippen LogP contribution < -0.4 is 0 Å². The Morgan fingerprint density at radius 1 is 0.290 bits per heavy atom. The van der Waals surface area contributed by atoms with Gasteiger partial charge in [-0.3, -0.25) is 0 Å². The Morgan fingerprint density at radius 2 is 0.710 bits per heavy atom. The van der Waals surface area contributed by atoms with Crippen LogP contribution >= 0.6 is 11.3 Å². The topological polar surface area (TPSA) is 38.7 Å². The number of hydrogen-bond donors (Lipinski definition) is 0. The van der Waals surface area contributed by atoms with Crippen LogP contribution in [0.3, 0.4) is 0 Å². The van der Waals surface area contributed by atoms with Crippen LogP contribution in [0.1, 0.15) is 22.3 Å². The largest absolute Gasteiger partial charge is 0.208 e. The smallest absolute Gasteiger partial charge is 0.164 e. The molecule has 0 saturated heterocycles. The molecule has 0 amide bonds. The first-order chi connectivity index (χ1) is 30.7. The Morgan fingerprint density at radius 3 is 1.35 bits per heavy atom. The number of benzene rings is 9. The molecule has 0 atom stereocenters. The average Bonchev–Trinajstić information content (AvgIpc) is 3.99. The Labute approximate surface area is 363 Å². The highest BCUT2D eigenvalue weighted by atomic mass is 32.1. The Hall–Kier alpha value is -7.79. The molecule has 4 heteroatoms. The van der Waals surface area contributed by atoms with Gasteiger partial charge in [0.15, 0.2) is 17.5 Å². The molecule has 2 aromatic heterocycles. The van der Waals surface area contributed by atoms with E-state index in [2.05, 4.69) is 194 Å². The van der Waals surface area contributed by atoms with Crippen LogP contribution in [0.5, 0.6) is 0 Å². The van der Waals surface area contributed by atoms with Gasteiger partial charge in [0, 0.05) is 36.9 Å². The molecule has 0 bridgehead atoms. The molecule has 62 heavy (non-hydrogen) atoms. The summed E-state index contributed by atoms with van der Waals surface area (Å²) < 4.78 is 2.60. The van der Waals surface area contributed by atoms with Crippen molar-refractivity contribution >= 4 is 31.5 Å². The number of aromatic nitrogens is 3. The molecular formula is C58H35N3S. The van der Waals surface area contributed by atoms with Crippen molar-refractivity contribution in [1.82, 2.24) is 15.0 Å². The van der Waals surface area contributed by atoms with Gasteiger partial charge in [0.25, 0.3) is 0 Å². The van der Waals surface area contributed by atoms with Gasteiger partial charge in [-0.25, -0.2) is 15.0 Å². The predicted octanol–water partition coefficient (Wildman–Crippen LogP) is 14.9. The van der Waals surface area contributed by atoms with Crippen LogP contribution in [-0.2, 0) is 5.41 Å². The second-order valence-electron chi connectivity index (χ2n) is 16.2. The third-order valence-corrected chi connectivity index (χ3v) is 14.1. The van der Waals surface area contributed by atoms with Crippen LogP contribution in [0.4, 0.5) is 0 Å². The molecule has 0 saturated carbocycles. The second kappa shape index (κ2) is 13.6. The molecule has 0 radical (unpaired) electrons. The first kappa shape index (κ1) is 35.0.